The van der Waals surface area contributed by atoms with Crippen molar-refractivity contribution in [2.45, 2.75) is 32.3 Å². The lowest BCUT2D eigenvalue weighted by Crippen LogP contribution is -2.29. The van der Waals surface area contributed by atoms with E-state index in [1.807, 2.05) is 60.7 Å². The highest BCUT2D eigenvalue weighted by molar-refractivity contribution is 8.26. The van der Waals surface area contributed by atoms with Crippen molar-refractivity contribution >= 4 is 46.3 Å². The Labute approximate surface area is 185 Å². The van der Waals surface area contributed by atoms with Crippen LogP contribution in [0.15, 0.2) is 59.5 Å². The number of ether oxygens (including phenoxy) is 1. The number of thiocarbonyl (C=S) groups is 1. The Balaban J connectivity index is 1.57. The summed E-state index contributed by atoms with van der Waals surface area (Å²) in [5, 5.41) is 10.5. The number of carboxylic acid groups (broad SMARTS) is 1. The van der Waals surface area contributed by atoms with E-state index in [1.165, 1.54) is 11.8 Å². The van der Waals surface area contributed by atoms with Gasteiger partial charge in [-0.1, -0.05) is 72.9 Å². The van der Waals surface area contributed by atoms with Gasteiger partial charge in [-0.2, -0.15) is 0 Å². The molecule has 1 heterocycles. The number of amides is 1. The second kappa shape index (κ2) is 10.9. The van der Waals surface area contributed by atoms with Gasteiger partial charge in [0, 0.05) is 12.5 Å². The van der Waals surface area contributed by atoms with E-state index in [-0.39, 0.29) is 12.3 Å². The van der Waals surface area contributed by atoms with Gasteiger partial charge in [-0.05, 0) is 48.6 Å². The van der Waals surface area contributed by atoms with Gasteiger partial charge in [-0.3, -0.25) is 9.69 Å². The molecule has 0 aromatic heterocycles. The molecule has 1 aliphatic heterocycles. The van der Waals surface area contributed by atoms with Gasteiger partial charge in [0.2, 0.25) is 0 Å². The first-order chi connectivity index (χ1) is 14.5. The van der Waals surface area contributed by atoms with Crippen molar-refractivity contribution in [1.29, 1.82) is 0 Å². The summed E-state index contributed by atoms with van der Waals surface area (Å²) in [6, 6.07) is 17.5. The minimum absolute atomic E-state index is 0.0426. The fourth-order valence-electron chi connectivity index (χ4n) is 3.00. The van der Waals surface area contributed by atoms with Gasteiger partial charge in [0.05, 0.1) is 4.91 Å². The minimum atomic E-state index is -1.04. The largest absolute Gasteiger partial charge is 0.550 e. The van der Waals surface area contributed by atoms with Gasteiger partial charge >= 0.3 is 0 Å². The molecule has 5 nitrogen and oxygen atoms in total. The highest BCUT2D eigenvalue weighted by Gasteiger charge is 2.31. The fourth-order valence-corrected chi connectivity index (χ4v) is 4.30. The van der Waals surface area contributed by atoms with Crippen molar-refractivity contribution in [3.8, 4) is 5.75 Å². The van der Waals surface area contributed by atoms with Gasteiger partial charge in [-0.15, -0.1) is 0 Å². The fraction of sp³-hybridized carbons (Fsp3) is 0.261. The van der Waals surface area contributed by atoms with Crippen LogP contribution in [0.2, 0.25) is 0 Å². The number of carbonyl (C=O) groups excluding carboxylic acids is 2. The van der Waals surface area contributed by atoms with Crippen LogP contribution in [0.1, 0.15) is 36.8 Å². The number of aliphatic carboxylic acids is 1. The van der Waals surface area contributed by atoms with Gasteiger partial charge in [-0.25, -0.2) is 0 Å². The maximum atomic E-state index is 12.7. The SMILES string of the molecule is O=C([O-])CCCCCN1C(=O)/C(=C/c2cccc(OCc3ccccc3)c2)SC1=S. The summed E-state index contributed by atoms with van der Waals surface area (Å²) in [7, 11) is 0. The van der Waals surface area contributed by atoms with Crippen LogP contribution in [0.25, 0.3) is 6.08 Å². The smallest absolute Gasteiger partial charge is 0.266 e. The molecule has 30 heavy (non-hydrogen) atoms. The molecule has 3 rings (SSSR count). The number of unbranched alkanes of at least 4 members (excludes halogenated alkanes) is 2. The molecule has 1 amide bonds. The van der Waals surface area contributed by atoms with Crippen LogP contribution in [-0.4, -0.2) is 27.6 Å². The van der Waals surface area contributed by atoms with Crippen LogP contribution < -0.4 is 9.84 Å². The number of hydrogen-bond donors (Lipinski definition) is 0. The molecular formula is C23H22NO4S2-. The predicted octanol–water partition coefficient (Wildman–Crippen LogP) is 3.78. The number of carboxylic acids is 1. The Bertz CT molecular complexity index is 943. The third-order valence-corrected chi connectivity index (χ3v) is 5.92. The summed E-state index contributed by atoms with van der Waals surface area (Å²) in [4.78, 5) is 25.3. The van der Waals surface area contributed by atoms with Gasteiger partial charge in [0.1, 0.15) is 16.7 Å². The number of carbonyl (C=O) groups is 2. The molecule has 0 aliphatic carbocycles. The first kappa shape index (κ1) is 22.1. The monoisotopic (exact) mass is 440 g/mol. The second-order valence-corrected chi connectivity index (χ2v) is 8.54. The molecule has 0 saturated carbocycles. The Kier molecular flexibility index (Phi) is 8.04. The lowest BCUT2D eigenvalue weighted by molar-refractivity contribution is -0.305. The molecule has 0 unspecified atom stereocenters. The maximum absolute atomic E-state index is 12.7. The number of hydrogen-bond acceptors (Lipinski definition) is 6. The van der Waals surface area contributed by atoms with Crippen LogP contribution in [0.4, 0.5) is 0 Å². The zero-order chi connectivity index (χ0) is 21.3. The Morgan fingerprint density at radius 1 is 1.10 bits per heavy atom. The Morgan fingerprint density at radius 2 is 1.90 bits per heavy atom. The third-order valence-electron chi connectivity index (χ3n) is 4.54. The summed E-state index contributed by atoms with van der Waals surface area (Å²) >= 11 is 6.64. The Hall–Kier alpha value is -2.64. The van der Waals surface area contributed by atoms with Crippen LogP contribution in [0.5, 0.6) is 5.75 Å². The first-order valence-corrected chi connectivity index (χ1v) is 11.0. The van der Waals surface area contributed by atoms with E-state index < -0.39 is 5.97 Å². The maximum Gasteiger partial charge on any atom is 0.266 e. The topological polar surface area (TPSA) is 69.7 Å². The quantitative estimate of drug-likeness (QED) is 0.318. The van der Waals surface area contributed by atoms with E-state index in [4.69, 9.17) is 17.0 Å². The molecule has 0 N–H and O–H groups in total. The lowest BCUT2D eigenvalue weighted by Gasteiger charge is -2.14. The van der Waals surface area contributed by atoms with Crippen LogP contribution in [0.3, 0.4) is 0 Å². The van der Waals surface area contributed by atoms with Gasteiger partial charge in [0.15, 0.2) is 0 Å². The Morgan fingerprint density at radius 3 is 2.67 bits per heavy atom. The molecule has 1 saturated heterocycles. The average molecular weight is 441 g/mol. The van der Waals surface area contributed by atoms with Gasteiger partial charge in [0.25, 0.3) is 5.91 Å². The number of benzene rings is 2. The highest BCUT2D eigenvalue weighted by Crippen LogP contribution is 2.33. The van der Waals surface area contributed by atoms with Crippen molar-refractivity contribution in [2.24, 2.45) is 0 Å². The van der Waals surface area contributed by atoms with Crippen molar-refractivity contribution in [3.63, 3.8) is 0 Å². The van der Waals surface area contributed by atoms with E-state index in [1.54, 1.807) is 4.90 Å². The summed E-state index contributed by atoms with van der Waals surface area (Å²) in [6.07, 6.45) is 3.83. The van der Waals surface area contributed by atoms with E-state index in [2.05, 4.69) is 0 Å². The van der Waals surface area contributed by atoms with Crippen molar-refractivity contribution < 1.29 is 19.4 Å². The molecule has 1 aliphatic rings. The molecule has 0 radical (unpaired) electrons. The summed E-state index contributed by atoms with van der Waals surface area (Å²) < 4.78 is 6.39. The molecule has 156 valence electrons. The zero-order valence-corrected chi connectivity index (χ0v) is 18.0. The zero-order valence-electron chi connectivity index (χ0n) is 16.4. The molecule has 2 aromatic rings. The number of thioether (sulfide) groups is 1. The summed E-state index contributed by atoms with van der Waals surface area (Å²) in [5.41, 5.74) is 1.96. The van der Waals surface area contributed by atoms with E-state index in [0.717, 1.165) is 16.9 Å². The standard InChI is InChI=1S/C23H23NO4S2/c25-21(26)12-5-2-6-13-24-22(27)20(30-23(24)29)15-18-10-7-11-19(14-18)28-16-17-8-3-1-4-9-17/h1,3-4,7-11,14-15H,2,5-6,12-13,16H2,(H,25,26)/p-1/b20-15-. The molecule has 2 aromatic carbocycles. The lowest BCUT2D eigenvalue weighted by atomic mass is 10.2. The number of rotatable bonds is 10. The van der Waals surface area contributed by atoms with E-state index in [0.29, 0.717) is 41.6 Å². The van der Waals surface area contributed by atoms with E-state index >= 15 is 0 Å². The van der Waals surface area contributed by atoms with Gasteiger partial charge < -0.3 is 14.6 Å². The average Bonchev–Trinajstić information content (AvgIpc) is 3.00. The molecule has 0 atom stereocenters. The first-order valence-electron chi connectivity index (χ1n) is 9.75. The van der Waals surface area contributed by atoms with E-state index in [9.17, 15) is 14.7 Å². The van der Waals surface area contributed by atoms with Crippen LogP contribution in [0, 0.1) is 0 Å². The summed E-state index contributed by atoms with van der Waals surface area (Å²) in [5.74, 6) is -0.421. The second-order valence-electron chi connectivity index (χ2n) is 6.86. The third kappa shape index (κ3) is 6.43. The van der Waals surface area contributed by atoms with Crippen LogP contribution >= 0.6 is 24.0 Å². The van der Waals surface area contributed by atoms with Crippen molar-refractivity contribution in [3.05, 3.63) is 70.6 Å². The van der Waals surface area contributed by atoms with Crippen LogP contribution in [-0.2, 0) is 16.2 Å². The minimum Gasteiger partial charge on any atom is -0.550 e. The predicted molar refractivity (Wildman–Crippen MR) is 121 cm³/mol. The number of nitrogens with zero attached hydrogens (tertiary/aromatic N) is 1. The molecular weight excluding hydrogens is 418 g/mol. The van der Waals surface area contributed by atoms with Crippen molar-refractivity contribution in [2.75, 3.05) is 6.54 Å². The summed E-state index contributed by atoms with van der Waals surface area (Å²) in [6.45, 7) is 0.972. The van der Waals surface area contributed by atoms with Crippen molar-refractivity contribution in [1.82, 2.24) is 4.90 Å². The molecule has 7 heteroatoms. The molecule has 0 bridgehead atoms. The normalized spacial score (nSPS) is 15.1. The molecule has 1 fully saturated rings. The highest BCUT2D eigenvalue weighted by atomic mass is 32.2. The molecule has 0 spiro atoms.